The zero-order valence-corrected chi connectivity index (χ0v) is 7.09. The van der Waals surface area contributed by atoms with Crippen molar-refractivity contribution < 1.29 is 5.11 Å². The van der Waals surface area contributed by atoms with Gasteiger partial charge >= 0.3 is 0 Å². The number of aliphatic hydroxyl groups is 1. The van der Waals surface area contributed by atoms with Crippen molar-refractivity contribution in [1.82, 2.24) is 9.38 Å². The molecule has 0 aromatic carbocycles. The average molecular weight is 177 g/mol. The Hall–Kier alpha value is -1.39. The lowest BCUT2D eigenvalue weighted by molar-refractivity contribution is 0.181. The highest BCUT2D eigenvalue weighted by Crippen LogP contribution is 2.13. The first-order chi connectivity index (χ1) is 6.33. The van der Waals surface area contributed by atoms with Crippen LogP contribution < -0.4 is 5.73 Å². The molecule has 0 aliphatic carbocycles. The number of hydrogen-bond acceptors (Lipinski definition) is 3. The highest BCUT2D eigenvalue weighted by Gasteiger charge is 2.09. The SMILES string of the molecule is NCC(O)c1cnc2ccccn12. The second-order valence-corrected chi connectivity index (χ2v) is 2.86. The lowest BCUT2D eigenvalue weighted by atomic mass is 10.3. The smallest absolute Gasteiger partial charge is 0.136 e. The lowest BCUT2D eigenvalue weighted by Gasteiger charge is -2.06. The van der Waals surface area contributed by atoms with E-state index in [4.69, 9.17) is 5.73 Å². The molecule has 0 radical (unpaired) electrons. The minimum atomic E-state index is -0.641. The standard InChI is InChI=1S/C9H11N3O/c10-5-8(13)7-6-11-9-3-1-2-4-12(7)9/h1-4,6,8,13H,5,10H2. The highest BCUT2D eigenvalue weighted by molar-refractivity contribution is 5.40. The minimum Gasteiger partial charge on any atom is -0.385 e. The van der Waals surface area contributed by atoms with Crippen LogP contribution in [0, 0.1) is 0 Å². The van der Waals surface area contributed by atoms with Gasteiger partial charge < -0.3 is 15.2 Å². The van der Waals surface area contributed by atoms with E-state index < -0.39 is 6.10 Å². The summed E-state index contributed by atoms with van der Waals surface area (Å²) in [6.07, 6.45) is 2.86. The second-order valence-electron chi connectivity index (χ2n) is 2.86. The molecule has 2 rings (SSSR count). The molecular weight excluding hydrogens is 166 g/mol. The van der Waals surface area contributed by atoms with Gasteiger partial charge in [-0.3, -0.25) is 0 Å². The Morgan fingerprint density at radius 3 is 3.15 bits per heavy atom. The molecule has 4 nitrogen and oxygen atoms in total. The molecule has 68 valence electrons. The molecule has 4 heteroatoms. The maximum atomic E-state index is 9.53. The minimum absolute atomic E-state index is 0.211. The van der Waals surface area contributed by atoms with Crippen molar-refractivity contribution in [2.24, 2.45) is 5.73 Å². The molecule has 3 N–H and O–H groups in total. The van der Waals surface area contributed by atoms with Crippen LogP contribution in [0.15, 0.2) is 30.6 Å². The Balaban J connectivity index is 2.57. The number of rotatable bonds is 2. The van der Waals surface area contributed by atoms with Crippen LogP contribution >= 0.6 is 0 Å². The van der Waals surface area contributed by atoms with E-state index in [-0.39, 0.29) is 6.54 Å². The van der Waals surface area contributed by atoms with Gasteiger partial charge in [-0.05, 0) is 12.1 Å². The molecule has 0 saturated heterocycles. The van der Waals surface area contributed by atoms with Crippen LogP contribution in [-0.4, -0.2) is 21.0 Å². The van der Waals surface area contributed by atoms with Crippen molar-refractivity contribution in [1.29, 1.82) is 0 Å². The van der Waals surface area contributed by atoms with E-state index in [1.54, 1.807) is 6.20 Å². The van der Waals surface area contributed by atoms with Crippen molar-refractivity contribution in [2.45, 2.75) is 6.10 Å². The second kappa shape index (κ2) is 3.16. The van der Waals surface area contributed by atoms with Crippen molar-refractivity contribution in [3.05, 3.63) is 36.3 Å². The van der Waals surface area contributed by atoms with E-state index in [2.05, 4.69) is 4.98 Å². The summed E-state index contributed by atoms with van der Waals surface area (Å²) >= 11 is 0. The van der Waals surface area contributed by atoms with Gasteiger partial charge in [-0.1, -0.05) is 6.07 Å². The van der Waals surface area contributed by atoms with E-state index in [1.807, 2.05) is 28.8 Å². The van der Waals surface area contributed by atoms with Crippen LogP contribution in [0.4, 0.5) is 0 Å². The Labute approximate surface area is 75.6 Å². The topological polar surface area (TPSA) is 63.5 Å². The third kappa shape index (κ3) is 1.30. The Morgan fingerprint density at radius 2 is 2.38 bits per heavy atom. The molecule has 0 saturated carbocycles. The number of pyridine rings is 1. The van der Waals surface area contributed by atoms with Gasteiger partial charge in [0.25, 0.3) is 0 Å². The van der Waals surface area contributed by atoms with E-state index in [1.165, 1.54) is 0 Å². The van der Waals surface area contributed by atoms with E-state index >= 15 is 0 Å². The number of aromatic nitrogens is 2. The molecule has 1 unspecified atom stereocenters. The fourth-order valence-electron chi connectivity index (χ4n) is 1.32. The number of nitrogens with two attached hydrogens (primary N) is 1. The fraction of sp³-hybridized carbons (Fsp3) is 0.222. The maximum Gasteiger partial charge on any atom is 0.136 e. The number of hydrogen-bond donors (Lipinski definition) is 2. The van der Waals surface area contributed by atoms with Crippen LogP contribution in [0.25, 0.3) is 5.65 Å². The Morgan fingerprint density at radius 1 is 1.54 bits per heavy atom. The predicted molar refractivity (Wildman–Crippen MR) is 49.2 cm³/mol. The largest absolute Gasteiger partial charge is 0.385 e. The summed E-state index contributed by atoms with van der Waals surface area (Å²) in [5.74, 6) is 0. The molecule has 0 aliphatic rings. The molecule has 0 amide bonds. The van der Waals surface area contributed by atoms with Crippen LogP contribution in [0.3, 0.4) is 0 Å². The molecule has 2 heterocycles. The quantitative estimate of drug-likeness (QED) is 0.694. The predicted octanol–water partition coefficient (Wildman–Crippen LogP) is 0.326. The molecule has 13 heavy (non-hydrogen) atoms. The molecule has 0 fully saturated rings. The van der Waals surface area contributed by atoms with Gasteiger partial charge in [-0.2, -0.15) is 0 Å². The van der Waals surface area contributed by atoms with Crippen molar-refractivity contribution in [2.75, 3.05) is 6.54 Å². The van der Waals surface area contributed by atoms with E-state index in [0.717, 1.165) is 11.3 Å². The van der Waals surface area contributed by atoms with Crippen LogP contribution in [0.5, 0.6) is 0 Å². The van der Waals surface area contributed by atoms with E-state index in [0.29, 0.717) is 0 Å². The summed E-state index contributed by atoms with van der Waals surface area (Å²) < 4.78 is 1.83. The molecule has 0 bridgehead atoms. The molecule has 0 spiro atoms. The zero-order chi connectivity index (χ0) is 9.26. The molecule has 0 aliphatic heterocycles. The summed E-state index contributed by atoms with van der Waals surface area (Å²) in [7, 11) is 0. The molecule has 1 atom stereocenters. The maximum absolute atomic E-state index is 9.53. The lowest BCUT2D eigenvalue weighted by Crippen LogP contribution is -2.13. The van der Waals surface area contributed by atoms with Crippen molar-refractivity contribution in [3.63, 3.8) is 0 Å². The molecule has 2 aromatic rings. The van der Waals surface area contributed by atoms with Crippen molar-refractivity contribution >= 4 is 5.65 Å². The average Bonchev–Trinajstić information content (AvgIpc) is 2.60. The van der Waals surface area contributed by atoms with E-state index in [9.17, 15) is 5.11 Å². The number of fused-ring (bicyclic) bond motifs is 1. The van der Waals surface area contributed by atoms with Crippen LogP contribution in [0.1, 0.15) is 11.8 Å². The summed E-state index contributed by atoms with van der Waals surface area (Å²) in [6, 6.07) is 5.68. The Kier molecular flexibility index (Phi) is 2.00. The van der Waals surface area contributed by atoms with Gasteiger partial charge in [0, 0.05) is 12.7 Å². The third-order valence-electron chi connectivity index (χ3n) is 2.01. The van der Waals surface area contributed by atoms with Gasteiger partial charge in [0.05, 0.1) is 11.9 Å². The summed E-state index contributed by atoms with van der Waals surface area (Å²) in [6.45, 7) is 0.211. The van der Waals surface area contributed by atoms with Gasteiger partial charge in [0.2, 0.25) is 0 Å². The monoisotopic (exact) mass is 177 g/mol. The van der Waals surface area contributed by atoms with Crippen LogP contribution in [0.2, 0.25) is 0 Å². The van der Waals surface area contributed by atoms with Gasteiger partial charge in [0.15, 0.2) is 0 Å². The normalized spacial score (nSPS) is 13.4. The first-order valence-electron chi connectivity index (χ1n) is 4.13. The molecule has 2 aromatic heterocycles. The molecular formula is C9H11N3O. The van der Waals surface area contributed by atoms with Gasteiger partial charge in [-0.15, -0.1) is 0 Å². The number of aliphatic hydroxyl groups excluding tert-OH is 1. The van der Waals surface area contributed by atoms with Crippen molar-refractivity contribution in [3.8, 4) is 0 Å². The van der Waals surface area contributed by atoms with Gasteiger partial charge in [0.1, 0.15) is 11.8 Å². The summed E-state index contributed by atoms with van der Waals surface area (Å²) in [5, 5.41) is 9.53. The highest BCUT2D eigenvalue weighted by atomic mass is 16.3. The fourth-order valence-corrected chi connectivity index (χ4v) is 1.32. The zero-order valence-electron chi connectivity index (χ0n) is 7.09. The third-order valence-corrected chi connectivity index (χ3v) is 2.01. The summed E-state index contributed by atoms with van der Waals surface area (Å²) in [5.41, 5.74) is 6.92. The first-order valence-corrected chi connectivity index (χ1v) is 4.13. The van der Waals surface area contributed by atoms with Crippen LogP contribution in [-0.2, 0) is 0 Å². The van der Waals surface area contributed by atoms with Gasteiger partial charge in [-0.25, -0.2) is 4.98 Å². The number of nitrogens with zero attached hydrogens (tertiary/aromatic N) is 2. The summed E-state index contributed by atoms with van der Waals surface area (Å²) in [4.78, 5) is 4.14. The Bertz CT molecular complexity index is 410. The number of imidazole rings is 1. The first kappa shape index (κ1) is 8.22.